The molecule has 0 amide bonds. The zero-order valence-electron chi connectivity index (χ0n) is 11.9. The van der Waals surface area contributed by atoms with Crippen LogP contribution in [0.4, 0.5) is 0 Å². The molecule has 0 aliphatic rings. The van der Waals surface area contributed by atoms with Crippen LogP contribution in [0.1, 0.15) is 32.0 Å². The van der Waals surface area contributed by atoms with Gasteiger partial charge < -0.3 is 10.3 Å². The van der Waals surface area contributed by atoms with Crippen LogP contribution in [0.5, 0.6) is 0 Å². The number of hydrogen-bond donors (Lipinski definition) is 1. The molecule has 0 saturated heterocycles. The molecule has 4 heteroatoms. The molecular weight excluding hydrogens is 236 g/mol. The Kier molecular flexibility index (Phi) is 2.47. The predicted octanol–water partition coefficient (Wildman–Crippen LogP) is 2.58. The van der Waals surface area contributed by atoms with Crippen LogP contribution in [-0.2, 0) is 19.0 Å². The van der Waals surface area contributed by atoms with E-state index in [1.54, 1.807) is 0 Å². The van der Waals surface area contributed by atoms with Crippen LogP contribution in [0.25, 0.3) is 16.8 Å². The van der Waals surface area contributed by atoms with Crippen molar-refractivity contribution in [1.82, 2.24) is 14.0 Å². The van der Waals surface area contributed by atoms with Crippen molar-refractivity contribution in [2.24, 2.45) is 12.8 Å². The normalized spacial score (nSPS) is 12.7. The first-order valence-electron chi connectivity index (χ1n) is 6.59. The lowest BCUT2D eigenvalue weighted by molar-refractivity contribution is 0.595. The van der Waals surface area contributed by atoms with E-state index in [1.807, 2.05) is 7.05 Å². The van der Waals surface area contributed by atoms with Gasteiger partial charge in [0.15, 0.2) is 0 Å². The number of imidazole rings is 2. The first-order valence-corrected chi connectivity index (χ1v) is 6.59. The highest BCUT2D eigenvalue weighted by Crippen LogP contribution is 2.30. The maximum absolute atomic E-state index is 5.75. The van der Waals surface area contributed by atoms with Crippen LogP contribution in [0.3, 0.4) is 0 Å². The van der Waals surface area contributed by atoms with Crippen molar-refractivity contribution < 1.29 is 0 Å². The summed E-state index contributed by atoms with van der Waals surface area (Å²) in [7, 11) is 2.01. The van der Waals surface area contributed by atoms with Gasteiger partial charge in [-0.05, 0) is 17.0 Å². The van der Waals surface area contributed by atoms with Gasteiger partial charge in [-0.1, -0.05) is 32.9 Å². The fourth-order valence-corrected chi connectivity index (χ4v) is 2.63. The van der Waals surface area contributed by atoms with E-state index in [1.165, 1.54) is 5.56 Å². The van der Waals surface area contributed by atoms with Crippen LogP contribution >= 0.6 is 0 Å². The van der Waals surface area contributed by atoms with Crippen LogP contribution < -0.4 is 5.73 Å². The molecule has 0 aliphatic carbocycles. The minimum absolute atomic E-state index is 0.0914. The lowest BCUT2D eigenvalue weighted by atomic mass is 9.86. The van der Waals surface area contributed by atoms with Gasteiger partial charge in [-0.3, -0.25) is 4.40 Å². The number of rotatable bonds is 1. The largest absolute Gasteiger partial charge is 0.325 e. The summed E-state index contributed by atoms with van der Waals surface area (Å²) in [5.41, 5.74) is 10.5. The number of fused-ring (bicyclic) bond motifs is 3. The number of aromatic nitrogens is 3. The van der Waals surface area contributed by atoms with Crippen molar-refractivity contribution >= 4 is 16.8 Å². The molecule has 3 aromatic rings. The first kappa shape index (κ1) is 12.2. The van der Waals surface area contributed by atoms with E-state index in [9.17, 15) is 0 Å². The second kappa shape index (κ2) is 3.84. The zero-order valence-corrected chi connectivity index (χ0v) is 11.9. The molecule has 3 rings (SSSR count). The Balaban J connectivity index is 2.42. The van der Waals surface area contributed by atoms with Crippen molar-refractivity contribution in [2.45, 2.75) is 32.7 Å². The molecule has 2 N–H and O–H groups in total. The molecule has 1 aromatic carbocycles. The smallest absolute Gasteiger partial charge is 0.214 e. The van der Waals surface area contributed by atoms with E-state index in [2.05, 4.69) is 54.1 Å². The van der Waals surface area contributed by atoms with E-state index in [4.69, 9.17) is 10.7 Å². The summed E-state index contributed by atoms with van der Waals surface area (Å²) in [6.45, 7) is 7.19. The highest BCUT2D eigenvalue weighted by molar-refractivity contribution is 5.84. The molecular formula is C15H20N4. The van der Waals surface area contributed by atoms with E-state index in [0.717, 1.165) is 22.5 Å². The molecule has 100 valence electrons. The number of nitrogens with zero attached hydrogens (tertiary/aromatic N) is 3. The summed E-state index contributed by atoms with van der Waals surface area (Å²) in [6.07, 6.45) is 2.08. The zero-order chi connectivity index (χ0) is 13.8. The average molecular weight is 256 g/mol. The number of nitrogens with two attached hydrogens (primary N) is 1. The van der Waals surface area contributed by atoms with E-state index >= 15 is 0 Å². The molecule has 0 unspecified atom stereocenters. The minimum atomic E-state index is 0.0914. The maximum Gasteiger partial charge on any atom is 0.214 e. The molecule has 0 fully saturated rings. The van der Waals surface area contributed by atoms with Gasteiger partial charge in [0.25, 0.3) is 0 Å². The molecule has 0 bridgehead atoms. The fraction of sp³-hybridized carbons (Fsp3) is 0.400. The molecule has 0 spiro atoms. The molecule has 4 nitrogen and oxygen atoms in total. The Hall–Kier alpha value is -1.81. The van der Waals surface area contributed by atoms with Gasteiger partial charge in [-0.15, -0.1) is 0 Å². The highest BCUT2D eigenvalue weighted by atomic mass is 15.2. The summed E-state index contributed by atoms with van der Waals surface area (Å²) in [5, 5.41) is 0. The molecule has 0 aliphatic heterocycles. The Bertz CT molecular complexity index is 756. The number of hydrogen-bond acceptors (Lipinski definition) is 2. The van der Waals surface area contributed by atoms with E-state index < -0.39 is 0 Å². The van der Waals surface area contributed by atoms with Crippen molar-refractivity contribution in [3.63, 3.8) is 0 Å². The van der Waals surface area contributed by atoms with Gasteiger partial charge >= 0.3 is 0 Å². The lowest BCUT2D eigenvalue weighted by Crippen LogP contribution is -2.11. The van der Waals surface area contributed by atoms with Crippen molar-refractivity contribution in [3.8, 4) is 0 Å². The molecule has 19 heavy (non-hydrogen) atoms. The summed E-state index contributed by atoms with van der Waals surface area (Å²) >= 11 is 0. The Morgan fingerprint density at radius 1 is 1.26 bits per heavy atom. The predicted molar refractivity (Wildman–Crippen MR) is 78.3 cm³/mol. The van der Waals surface area contributed by atoms with Gasteiger partial charge in [0.05, 0.1) is 16.7 Å². The Morgan fingerprint density at radius 2 is 2.00 bits per heavy atom. The number of para-hydroxylation sites is 1. The standard InChI is InChI=1S/C15H20N4/c1-15(2,3)11-6-5-7-12-13(11)17-14-18(4)10(8-16)9-19(12)14/h5-7,9H,8,16H2,1-4H3. The van der Waals surface area contributed by atoms with Gasteiger partial charge in [0.2, 0.25) is 5.78 Å². The maximum atomic E-state index is 5.75. The van der Waals surface area contributed by atoms with Gasteiger partial charge in [-0.2, -0.15) is 0 Å². The second-order valence-corrected chi connectivity index (χ2v) is 6.09. The van der Waals surface area contributed by atoms with Crippen LogP contribution in [-0.4, -0.2) is 14.0 Å². The van der Waals surface area contributed by atoms with Crippen LogP contribution in [0, 0.1) is 0 Å². The molecule has 0 radical (unpaired) electrons. The SMILES string of the molecule is Cn1c(CN)cn2c3cccc(C(C)(C)C)c3nc12. The van der Waals surface area contributed by atoms with Crippen LogP contribution in [0.2, 0.25) is 0 Å². The van der Waals surface area contributed by atoms with Crippen molar-refractivity contribution in [1.29, 1.82) is 0 Å². The van der Waals surface area contributed by atoms with Crippen molar-refractivity contribution in [3.05, 3.63) is 35.7 Å². The summed E-state index contributed by atoms with van der Waals surface area (Å²) in [4.78, 5) is 4.82. The Morgan fingerprint density at radius 3 is 2.63 bits per heavy atom. The molecule has 2 heterocycles. The van der Waals surface area contributed by atoms with Crippen molar-refractivity contribution in [2.75, 3.05) is 0 Å². The summed E-state index contributed by atoms with van der Waals surface area (Å²) < 4.78 is 4.19. The van der Waals surface area contributed by atoms with E-state index in [0.29, 0.717) is 6.54 Å². The fourth-order valence-electron chi connectivity index (χ4n) is 2.63. The third kappa shape index (κ3) is 1.67. The quantitative estimate of drug-likeness (QED) is 0.727. The third-order valence-electron chi connectivity index (χ3n) is 3.73. The summed E-state index contributed by atoms with van der Waals surface area (Å²) in [6, 6.07) is 6.38. The monoisotopic (exact) mass is 256 g/mol. The lowest BCUT2D eigenvalue weighted by Gasteiger charge is -2.19. The number of aryl methyl sites for hydroxylation is 1. The molecule has 0 saturated carbocycles. The second-order valence-electron chi connectivity index (χ2n) is 6.09. The number of benzene rings is 1. The Labute approximate surface area is 112 Å². The third-order valence-corrected chi connectivity index (χ3v) is 3.73. The molecule has 2 aromatic heterocycles. The molecule has 0 atom stereocenters. The highest BCUT2D eigenvalue weighted by Gasteiger charge is 2.20. The van der Waals surface area contributed by atoms with E-state index in [-0.39, 0.29) is 5.41 Å². The van der Waals surface area contributed by atoms with Gasteiger partial charge in [0, 0.05) is 19.8 Å². The first-order chi connectivity index (χ1) is 8.93. The average Bonchev–Trinajstić information content (AvgIpc) is 2.85. The van der Waals surface area contributed by atoms with Crippen LogP contribution in [0.15, 0.2) is 24.4 Å². The van der Waals surface area contributed by atoms with Gasteiger partial charge in [0.1, 0.15) is 0 Å². The van der Waals surface area contributed by atoms with Gasteiger partial charge in [-0.25, -0.2) is 4.98 Å². The summed E-state index contributed by atoms with van der Waals surface area (Å²) in [5.74, 6) is 0.951. The minimum Gasteiger partial charge on any atom is -0.325 e. The topological polar surface area (TPSA) is 48.2 Å².